The lowest BCUT2D eigenvalue weighted by atomic mass is 10.0. The fourth-order valence-corrected chi connectivity index (χ4v) is 1.69. The van der Waals surface area contributed by atoms with Gasteiger partial charge < -0.3 is 9.47 Å². The second kappa shape index (κ2) is 6.65. The molecule has 6 nitrogen and oxygen atoms in total. The minimum atomic E-state index is -1.27. The van der Waals surface area contributed by atoms with Gasteiger partial charge in [-0.15, -0.1) is 5.10 Å². The molecule has 1 aromatic heterocycles. The zero-order valence-corrected chi connectivity index (χ0v) is 12.6. The van der Waals surface area contributed by atoms with Gasteiger partial charge in [0, 0.05) is 5.56 Å². The molecule has 0 aromatic carbocycles. The summed E-state index contributed by atoms with van der Waals surface area (Å²) in [6.07, 6.45) is 1.35. The molecule has 1 rings (SSSR count). The number of nitrogens with zero attached hydrogens (tertiary/aromatic N) is 2. The van der Waals surface area contributed by atoms with Crippen molar-refractivity contribution in [3.05, 3.63) is 23.0 Å². The third-order valence-electron chi connectivity index (χ3n) is 2.18. The number of rotatable bonds is 4. The maximum Gasteiger partial charge on any atom is 0.325 e. The Bertz CT molecular complexity index is 499. The van der Waals surface area contributed by atoms with Gasteiger partial charge in [-0.05, 0) is 33.8 Å². The summed E-state index contributed by atoms with van der Waals surface area (Å²) in [4.78, 5) is 24.2. The maximum atomic E-state index is 12.2. The van der Waals surface area contributed by atoms with Gasteiger partial charge in [0.1, 0.15) is 5.60 Å². The number of esters is 2. The molecule has 1 heterocycles. The van der Waals surface area contributed by atoms with E-state index in [1.165, 1.54) is 12.3 Å². The lowest BCUT2D eigenvalue weighted by Gasteiger charge is -2.23. The molecule has 7 heteroatoms. The van der Waals surface area contributed by atoms with Gasteiger partial charge >= 0.3 is 11.9 Å². The minimum absolute atomic E-state index is 0.0311. The number of hydrogen-bond donors (Lipinski definition) is 0. The van der Waals surface area contributed by atoms with Crippen molar-refractivity contribution in [2.75, 3.05) is 6.61 Å². The van der Waals surface area contributed by atoms with Gasteiger partial charge in [-0.3, -0.25) is 9.59 Å². The quantitative estimate of drug-likeness (QED) is 0.626. The molecule has 0 amide bonds. The van der Waals surface area contributed by atoms with Crippen LogP contribution in [0.2, 0.25) is 5.15 Å². The van der Waals surface area contributed by atoms with E-state index >= 15 is 0 Å². The van der Waals surface area contributed by atoms with Gasteiger partial charge in [0.05, 0.1) is 12.8 Å². The van der Waals surface area contributed by atoms with E-state index in [0.29, 0.717) is 0 Å². The smallest absolute Gasteiger partial charge is 0.325 e. The summed E-state index contributed by atoms with van der Waals surface area (Å²) in [5.74, 6) is -2.72. The van der Waals surface area contributed by atoms with Gasteiger partial charge in [-0.1, -0.05) is 11.6 Å². The standard InChI is InChI=1S/C13H17ClN2O4/c1-5-19-11(17)9(12(18)20-13(2,3)4)8-6-7-15-16-10(8)14/h6-7,9H,5H2,1-4H3. The summed E-state index contributed by atoms with van der Waals surface area (Å²) in [6.45, 7) is 6.92. The molecular formula is C13H17ClN2O4. The van der Waals surface area contributed by atoms with Gasteiger partial charge in [-0.25, -0.2) is 0 Å². The molecular weight excluding hydrogens is 284 g/mol. The topological polar surface area (TPSA) is 78.4 Å². The first-order valence-electron chi connectivity index (χ1n) is 6.13. The first-order valence-corrected chi connectivity index (χ1v) is 6.50. The van der Waals surface area contributed by atoms with Crippen LogP contribution in [0.1, 0.15) is 39.2 Å². The number of carbonyl (C=O) groups is 2. The highest BCUT2D eigenvalue weighted by Gasteiger charge is 2.36. The third-order valence-corrected chi connectivity index (χ3v) is 2.47. The monoisotopic (exact) mass is 300 g/mol. The average molecular weight is 301 g/mol. The Morgan fingerprint density at radius 2 is 2.00 bits per heavy atom. The van der Waals surface area contributed by atoms with Crippen molar-refractivity contribution < 1.29 is 19.1 Å². The molecule has 0 saturated carbocycles. The lowest BCUT2D eigenvalue weighted by Crippen LogP contribution is -2.32. The van der Waals surface area contributed by atoms with Crippen LogP contribution in [0, 0.1) is 0 Å². The van der Waals surface area contributed by atoms with E-state index in [9.17, 15) is 9.59 Å². The first kappa shape index (κ1) is 16.4. The summed E-state index contributed by atoms with van der Waals surface area (Å²) in [6, 6.07) is 1.45. The fraction of sp³-hybridized carbons (Fsp3) is 0.538. The molecule has 0 fully saturated rings. The molecule has 1 aromatic rings. The molecule has 20 heavy (non-hydrogen) atoms. The normalized spacial score (nSPS) is 12.7. The predicted molar refractivity (Wildman–Crippen MR) is 72.3 cm³/mol. The molecule has 0 bridgehead atoms. The van der Waals surface area contributed by atoms with E-state index in [-0.39, 0.29) is 17.3 Å². The second-order valence-electron chi connectivity index (χ2n) is 5.00. The van der Waals surface area contributed by atoms with E-state index in [0.717, 1.165) is 0 Å². The molecule has 0 aliphatic heterocycles. The number of halogens is 1. The summed E-state index contributed by atoms with van der Waals surface area (Å²) in [5, 5.41) is 7.17. The number of ether oxygens (including phenoxy) is 2. The van der Waals surface area contributed by atoms with E-state index in [1.807, 2.05) is 0 Å². The Hall–Kier alpha value is -1.69. The number of hydrogen-bond acceptors (Lipinski definition) is 6. The Balaban J connectivity index is 3.13. The minimum Gasteiger partial charge on any atom is -0.465 e. The van der Waals surface area contributed by atoms with Gasteiger partial charge in [0.15, 0.2) is 11.1 Å². The Morgan fingerprint density at radius 1 is 1.35 bits per heavy atom. The fourth-order valence-electron chi connectivity index (χ4n) is 1.48. The van der Waals surface area contributed by atoms with Crippen LogP contribution in [0.4, 0.5) is 0 Å². The Morgan fingerprint density at radius 3 is 2.50 bits per heavy atom. The van der Waals surface area contributed by atoms with Crippen LogP contribution in [0.25, 0.3) is 0 Å². The van der Waals surface area contributed by atoms with E-state index in [4.69, 9.17) is 21.1 Å². The molecule has 1 atom stereocenters. The molecule has 0 spiro atoms. The van der Waals surface area contributed by atoms with Crippen molar-refractivity contribution in [3.8, 4) is 0 Å². The highest BCUT2D eigenvalue weighted by Crippen LogP contribution is 2.26. The van der Waals surface area contributed by atoms with Gasteiger partial charge in [0.25, 0.3) is 0 Å². The van der Waals surface area contributed by atoms with E-state index in [1.54, 1.807) is 27.7 Å². The van der Waals surface area contributed by atoms with E-state index in [2.05, 4.69) is 10.2 Å². The Kier molecular flexibility index (Phi) is 5.44. The Labute approximate surface area is 122 Å². The largest absolute Gasteiger partial charge is 0.465 e. The second-order valence-corrected chi connectivity index (χ2v) is 5.35. The molecule has 1 unspecified atom stereocenters. The maximum absolute atomic E-state index is 12.2. The van der Waals surface area contributed by atoms with Crippen LogP contribution in [0.3, 0.4) is 0 Å². The van der Waals surface area contributed by atoms with Crippen LogP contribution in [0.15, 0.2) is 12.3 Å². The zero-order valence-electron chi connectivity index (χ0n) is 11.8. The highest BCUT2D eigenvalue weighted by atomic mass is 35.5. The summed E-state index contributed by atoms with van der Waals surface area (Å²) < 4.78 is 10.1. The molecule has 0 radical (unpaired) electrons. The number of carbonyl (C=O) groups excluding carboxylic acids is 2. The van der Waals surface area contributed by atoms with Crippen LogP contribution < -0.4 is 0 Å². The van der Waals surface area contributed by atoms with Crippen LogP contribution in [-0.4, -0.2) is 34.3 Å². The molecule has 0 aliphatic carbocycles. The number of aromatic nitrogens is 2. The third kappa shape index (κ3) is 4.45. The molecule has 0 saturated heterocycles. The van der Waals surface area contributed by atoms with Gasteiger partial charge in [-0.2, -0.15) is 5.10 Å². The van der Waals surface area contributed by atoms with Crippen LogP contribution in [0.5, 0.6) is 0 Å². The average Bonchev–Trinajstić information content (AvgIpc) is 2.30. The zero-order chi connectivity index (χ0) is 15.3. The molecule has 0 N–H and O–H groups in total. The summed E-state index contributed by atoms with van der Waals surface area (Å²) >= 11 is 5.89. The summed E-state index contributed by atoms with van der Waals surface area (Å²) in [7, 11) is 0. The SMILES string of the molecule is CCOC(=O)C(C(=O)OC(C)(C)C)c1ccnnc1Cl. The van der Waals surface area contributed by atoms with Crippen LogP contribution >= 0.6 is 11.6 Å². The van der Waals surface area contributed by atoms with Crippen molar-refractivity contribution in [1.82, 2.24) is 10.2 Å². The predicted octanol–water partition coefficient (Wildman–Crippen LogP) is 2.12. The van der Waals surface area contributed by atoms with Crippen molar-refractivity contribution in [2.45, 2.75) is 39.2 Å². The van der Waals surface area contributed by atoms with Crippen molar-refractivity contribution in [3.63, 3.8) is 0 Å². The van der Waals surface area contributed by atoms with E-state index < -0.39 is 23.5 Å². The summed E-state index contributed by atoms with van der Waals surface area (Å²) in [5.41, 5.74) is -0.510. The lowest BCUT2D eigenvalue weighted by molar-refractivity contribution is -0.164. The van der Waals surface area contributed by atoms with Crippen LogP contribution in [-0.2, 0) is 19.1 Å². The van der Waals surface area contributed by atoms with Crippen molar-refractivity contribution in [1.29, 1.82) is 0 Å². The first-order chi connectivity index (χ1) is 9.26. The molecule has 110 valence electrons. The highest BCUT2D eigenvalue weighted by molar-refractivity contribution is 6.30. The van der Waals surface area contributed by atoms with Crippen molar-refractivity contribution >= 4 is 23.5 Å². The van der Waals surface area contributed by atoms with Crippen molar-refractivity contribution in [2.24, 2.45) is 0 Å². The van der Waals surface area contributed by atoms with Gasteiger partial charge in [0.2, 0.25) is 0 Å². The molecule has 0 aliphatic rings.